The van der Waals surface area contributed by atoms with E-state index >= 15 is 0 Å². The zero-order chi connectivity index (χ0) is 17.3. The molecule has 0 radical (unpaired) electrons. The number of carboxylic acid groups (broad SMARTS) is 1. The van der Waals surface area contributed by atoms with Crippen LogP contribution in [-0.4, -0.2) is 20.6 Å². The third kappa shape index (κ3) is 3.07. The Balaban J connectivity index is 2.12. The van der Waals surface area contributed by atoms with Crippen LogP contribution in [0.25, 0.3) is 10.6 Å². The van der Waals surface area contributed by atoms with Gasteiger partial charge in [-0.1, -0.05) is 6.92 Å². The van der Waals surface area contributed by atoms with Gasteiger partial charge in [-0.05, 0) is 29.7 Å². The summed E-state index contributed by atoms with van der Waals surface area (Å²) in [6, 6.07) is 3.18. The largest absolute Gasteiger partial charge is 0.477 e. The van der Waals surface area contributed by atoms with Gasteiger partial charge in [-0.15, -0.1) is 11.3 Å². The highest BCUT2D eigenvalue weighted by atomic mass is 32.1. The molecular formula is C17H14F2N2O2S. The summed E-state index contributed by atoms with van der Waals surface area (Å²) in [7, 11) is 0. The molecule has 0 aliphatic carbocycles. The second kappa shape index (κ2) is 6.52. The third-order valence-electron chi connectivity index (χ3n) is 3.66. The van der Waals surface area contributed by atoms with Gasteiger partial charge in [-0.25, -0.2) is 18.6 Å². The molecule has 0 fully saturated rings. The van der Waals surface area contributed by atoms with Gasteiger partial charge in [0.25, 0.3) is 0 Å². The van der Waals surface area contributed by atoms with E-state index < -0.39 is 17.6 Å². The van der Waals surface area contributed by atoms with Crippen LogP contribution in [0.3, 0.4) is 0 Å². The second-order valence-corrected chi connectivity index (χ2v) is 6.17. The minimum atomic E-state index is -1.10. The highest BCUT2D eigenvalue weighted by molar-refractivity contribution is 7.13. The number of aromatic carboxylic acids is 1. The van der Waals surface area contributed by atoms with Crippen molar-refractivity contribution in [2.24, 2.45) is 0 Å². The predicted octanol–water partition coefficient (Wildman–Crippen LogP) is 4.20. The fourth-order valence-corrected chi connectivity index (χ4v) is 3.44. The average Bonchev–Trinajstić information content (AvgIpc) is 3.12. The number of benzene rings is 1. The fraction of sp³-hybridized carbons (Fsp3) is 0.176. The van der Waals surface area contributed by atoms with Gasteiger partial charge in [0, 0.05) is 35.9 Å². The molecule has 0 saturated heterocycles. The summed E-state index contributed by atoms with van der Waals surface area (Å²) in [5.41, 5.74) is 1.83. The van der Waals surface area contributed by atoms with Crippen LogP contribution in [-0.2, 0) is 13.0 Å². The second-order valence-electron chi connectivity index (χ2n) is 5.28. The molecule has 4 nitrogen and oxygen atoms in total. The molecular weight excluding hydrogens is 334 g/mol. The summed E-state index contributed by atoms with van der Waals surface area (Å²) in [4.78, 5) is 16.0. The Labute approximate surface area is 141 Å². The average molecular weight is 348 g/mol. The summed E-state index contributed by atoms with van der Waals surface area (Å²) < 4.78 is 28.3. The van der Waals surface area contributed by atoms with E-state index in [-0.39, 0.29) is 12.2 Å². The number of halogens is 2. The van der Waals surface area contributed by atoms with Gasteiger partial charge >= 0.3 is 5.97 Å². The molecule has 3 aromatic rings. The van der Waals surface area contributed by atoms with Crippen molar-refractivity contribution in [1.29, 1.82) is 0 Å². The topological polar surface area (TPSA) is 55.1 Å². The van der Waals surface area contributed by atoms with Crippen LogP contribution in [0.2, 0.25) is 0 Å². The number of nitrogens with zero attached hydrogens (tertiary/aromatic N) is 2. The van der Waals surface area contributed by atoms with Crippen molar-refractivity contribution in [2.45, 2.75) is 19.9 Å². The molecule has 0 aliphatic rings. The van der Waals surface area contributed by atoms with Crippen molar-refractivity contribution < 1.29 is 18.7 Å². The van der Waals surface area contributed by atoms with Crippen molar-refractivity contribution in [2.75, 3.05) is 0 Å². The van der Waals surface area contributed by atoms with E-state index in [1.807, 2.05) is 6.92 Å². The Bertz CT molecular complexity index is 868. The number of aromatic nitrogens is 2. The summed E-state index contributed by atoms with van der Waals surface area (Å²) in [6.45, 7) is 1.99. The van der Waals surface area contributed by atoms with Gasteiger partial charge < -0.3 is 9.67 Å². The van der Waals surface area contributed by atoms with E-state index in [0.29, 0.717) is 22.6 Å². The van der Waals surface area contributed by atoms with Gasteiger partial charge in [0.2, 0.25) is 0 Å². The molecule has 1 aromatic carbocycles. The van der Waals surface area contributed by atoms with Crippen molar-refractivity contribution in [1.82, 2.24) is 9.55 Å². The zero-order valence-corrected chi connectivity index (χ0v) is 13.6. The molecule has 0 aliphatic heterocycles. The van der Waals surface area contributed by atoms with E-state index in [9.17, 15) is 18.7 Å². The highest BCUT2D eigenvalue weighted by Gasteiger charge is 2.23. The zero-order valence-electron chi connectivity index (χ0n) is 12.8. The van der Waals surface area contributed by atoms with Crippen LogP contribution in [0, 0.1) is 11.6 Å². The predicted molar refractivity (Wildman–Crippen MR) is 87.3 cm³/mol. The van der Waals surface area contributed by atoms with Crippen LogP contribution >= 0.6 is 11.3 Å². The number of hydrogen-bond donors (Lipinski definition) is 1. The van der Waals surface area contributed by atoms with E-state index in [2.05, 4.69) is 4.98 Å². The minimum Gasteiger partial charge on any atom is -0.477 e. The number of carbonyl (C=O) groups is 1. The Kier molecular flexibility index (Phi) is 4.44. The molecule has 0 spiro atoms. The van der Waals surface area contributed by atoms with Crippen LogP contribution in [0.15, 0.2) is 36.0 Å². The lowest BCUT2D eigenvalue weighted by molar-refractivity contribution is 0.0686. The van der Waals surface area contributed by atoms with Crippen molar-refractivity contribution >= 4 is 17.3 Å². The summed E-state index contributed by atoms with van der Waals surface area (Å²) >= 11 is 1.35. The first-order chi connectivity index (χ1) is 11.5. The SMILES string of the molecule is CCc1cn(Cc2cc(F)cc(F)c2)c(C(=O)O)c1-c1nccs1. The summed E-state index contributed by atoms with van der Waals surface area (Å²) in [5, 5.41) is 12.0. The minimum absolute atomic E-state index is 0.0642. The first kappa shape index (κ1) is 16.3. The molecule has 0 amide bonds. The number of hydrogen-bond acceptors (Lipinski definition) is 3. The molecule has 0 atom stereocenters. The summed E-state index contributed by atoms with van der Waals surface area (Å²) in [5.74, 6) is -2.48. The smallest absolute Gasteiger partial charge is 0.353 e. The normalized spacial score (nSPS) is 11.0. The van der Waals surface area contributed by atoms with Crippen LogP contribution in [0.4, 0.5) is 8.78 Å². The van der Waals surface area contributed by atoms with Crippen LogP contribution in [0.5, 0.6) is 0 Å². The lowest BCUT2D eigenvalue weighted by atomic mass is 10.1. The molecule has 2 aromatic heterocycles. The van der Waals surface area contributed by atoms with Crippen LogP contribution in [0.1, 0.15) is 28.5 Å². The van der Waals surface area contributed by atoms with E-state index in [4.69, 9.17) is 0 Å². The Morgan fingerprint density at radius 3 is 2.54 bits per heavy atom. The maximum absolute atomic E-state index is 13.4. The summed E-state index contributed by atoms with van der Waals surface area (Å²) in [6.07, 6.45) is 3.95. The molecule has 0 unspecified atom stereocenters. The van der Waals surface area contributed by atoms with E-state index in [1.165, 1.54) is 28.0 Å². The molecule has 7 heteroatoms. The van der Waals surface area contributed by atoms with Gasteiger partial charge in [0.1, 0.15) is 22.3 Å². The number of thiazole rings is 1. The monoisotopic (exact) mass is 348 g/mol. The molecule has 124 valence electrons. The van der Waals surface area contributed by atoms with Crippen LogP contribution < -0.4 is 0 Å². The van der Waals surface area contributed by atoms with Gasteiger partial charge in [0.15, 0.2) is 0 Å². The van der Waals surface area contributed by atoms with Crippen molar-refractivity contribution in [3.05, 3.63) is 64.4 Å². The van der Waals surface area contributed by atoms with Gasteiger partial charge in [0.05, 0.1) is 0 Å². The maximum atomic E-state index is 13.4. The van der Waals surface area contributed by atoms with Crippen molar-refractivity contribution in [3.63, 3.8) is 0 Å². The quantitative estimate of drug-likeness (QED) is 0.752. The molecule has 1 N–H and O–H groups in total. The first-order valence-electron chi connectivity index (χ1n) is 7.29. The van der Waals surface area contributed by atoms with E-state index in [0.717, 1.165) is 11.6 Å². The maximum Gasteiger partial charge on any atom is 0.353 e. The van der Waals surface area contributed by atoms with E-state index in [1.54, 1.807) is 17.8 Å². The standard InChI is InChI=1S/C17H14F2N2O2S/c1-2-11-9-21(8-10-5-12(18)7-13(19)6-10)15(17(22)23)14(11)16-20-3-4-24-16/h3-7,9H,2,8H2,1H3,(H,22,23). The Hall–Kier alpha value is -2.54. The lowest BCUT2D eigenvalue weighted by Gasteiger charge is -2.08. The number of aryl methyl sites for hydroxylation is 1. The van der Waals surface area contributed by atoms with Crippen molar-refractivity contribution in [3.8, 4) is 10.6 Å². The number of carboxylic acids is 1. The Morgan fingerprint density at radius 2 is 2.00 bits per heavy atom. The number of rotatable bonds is 5. The highest BCUT2D eigenvalue weighted by Crippen LogP contribution is 2.32. The van der Waals surface area contributed by atoms with Gasteiger partial charge in [-0.2, -0.15) is 0 Å². The molecule has 24 heavy (non-hydrogen) atoms. The molecule has 2 heterocycles. The van der Waals surface area contributed by atoms with Gasteiger partial charge in [-0.3, -0.25) is 0 Å². The third-order valence-corrected chi connectivity index (χ3v) is 4.45. The molecule has 3 rings (SSSR count). The lowest BCUT2D eigenvalue weighted by Crippen LogP contribution is -2.10. The Morgan fingerprint density at radius 1 is 1.29 bits per heavy atom. The molecule has 0 saturated carbocycles. The molecule has 0 bridgehead atoms. The fourth-order valence-electron chi connectivity index (χ4n) is 2.72. The first-order valence-corrected chi connectivity index (χ1v) is 8.17.